The van der Waals surface area contributed by atoms with Gasteiger partial charge in [-0.15, -0.1) is 11.3 Å². The van der Waals surface area contributed by atoms with E-state index in [0.717, 1.165) is 48.5 Å². The third-order valence-electron chi connectivity index (χ3n) is 5.54. The number of thiazole rings is 1. The highest BCUT2D eigenvalue weighted by Crippen LogP contribution is 2.50. The number of hydrogen-bond donors (Lipinski definition) is 0. The van der Waals surface area contributed by atoms with E-state index in [0.29, 0.717) is 5.23 Å². The Labute approximate surface area is 206 Å². The van der Waals surface area contributed by atoms with Crippen molar-refractivity contribution in [3.8, 4) is 17.3 Å². The van der Waals surface area contributed by atoms with Crippen LogP contribution >= 0.6 is 35.3 Å². The summed E-state index contributed by atoms with van der Waals surface area (Å²) in [4.78, 5) is 5.97. The zero-order valence-corrected chi connectivity index (χ0v) is 20.9. The number of methoxy groups -OCH3 is 1. The number of rotatable bonds is 4. The third-order valence-corrected chi connectivity index (χ3v) is 8.23. The Kier molecular flexibility index (Phi) is 6.10. The van der Waals surface area contributed by atoms with Gasteiger partial charge >= 0.3 is 0 Å². The fraction of sp³-hybridized carbons (Fsp3) is 0.154. The molecule has 166 valence electrons. The van der Waals surface area contributed by atoms with E-state index in [1.165, 1.54) is 0 Å². The number of hydrogen-bond acceptors (Lipinski definition) is 6. The van der Waals surface area contributed by atoms with Gasteiger partial charge in [-0.1, -0.05) is 60.3 Å². The van der Waals surface area contributed by atoms with E-state index in [1.54, 1.807) is 30.2 Å². The van der Waals surface area contributed by atoms with Crippen LogP contribution in [-0.2, 0) is 0 Å². The first kappa shape index (κ1) is 21.9. The van der Waals surface area contributed by atoms with Crippen LogP contribution < -0.4 is 9.47 Å². The smallest absolute Gasteiger partial charge is 0.258 e. The van der Waals surface area contributed by atoms with E-state index >= 15 is 0 Å². The molecule has 1 aliphatic rings. The highest BCUT2D eigenvalue weighted by molar-refractivity contribution is 8.14. The van der Waals surface area contributed by atoms with Gasteiger partial charge in [0.05, 0.1) is 28.6 Å². The zero-order valence-electron chi connectivity index (χ0n) is 18.4. The minimum Gasteiger partial charge on any atom is -0.497 e. The van der Waals surface area contributed by atoms with Gasteiger partial charge in [0.2, 0.25) is 5.88 Å². The third kappa shape index (κ3) is 4.24. The van der Waals surface area contributed by atoms with Crippen LogP contribution in [0.2, 0.25) is 0 Å². The van der Waals surface area contributed by atoms with Crippen molar-refractivity contribution in [2.24, 2.45) is 4.99 Å². The molecular weight excluding hydrogens is 468 g/mol. The van der Waals surface area contributed by atoms with E-state index in [-0.39, 0.29) is 5.25 Å². The number of nitrogens with zero attached hydrogens (tertiary/aromatic N) is 2. The predicted octanol–water partition coefficient (Wildman–Crippen LogP) is 7.80. The molecule has 0 saturated heterocycles. The minimum atomic E-state index is 0.0133. The lowest BCUT2D eigenvalue weighted by atomic mass is 10.1. The van der Waals surface area contributed by atoms with Crippen molar-refractivity contribution in [1.82, 2.24) is 4.57 Å². The van der Waals surface area contributed by atoms with Crippen molar-refractivity contribution in [3.63, 3.8) is 0 Å². The maximum atomic E-state index is 6.44. The maximum absolute atomic E-state index is 6.44. The minimum absolute atomic E-state index is 0.0133. The molecule has 0 saturated carbocycles. The second-order valence-corrected chi connectivity index (χ2v) is 10.4. The molecule has 1 aromatic heterocycles. The van der Waals surface area contributed by atoms with Gasteiger partial charge in [-0.05, 0) is 67.0 Å². The molecule has 1 unspecified atom stereocenters. The monoisotopic (exact) mass is 490 g/mol. The van der Waals surface area contributed by atoms with Gasteiger partial charge in [0, 0.05) is 0 Å². The van der Waals surface area contributed by atoms with Gasteiger partial charge < -0.3 is 9.47 Å². The average Bonchev–Trinajstić information content (AvgIpc) is 3.16. The Morgan fingerprint density at radius 3 is 2.33 bits per heavy atom. The second kappa shape index (κ2) is 9.17. The predicted molar refractivity (Wildman–Crippen MR) is 141 cm³/mol. The van der Waals surface area contributed by atoms with Crippen molar-refractivity contribution >= 4 is 46.2 Å². The molecule has 0 radical (unpaired) electrons. The van der Waals surface area contributed by atoms with Crippen LogP contribution in [0.15, 0.2) is 77.8 Å². The molecule has 1 atom stereocenters. The Morgan fingerprint density at radius 2 is 1.64 bits per heavy atom. The molecular formula is C26H22N2O2S3. The topological polar surface area (TPSA) is 35.8 Å². The van der Waals surface area contributed by atoms with E-state index < -0.39 is 0 Å². The molecule has 4 nitrogen and oxygen atoms in total. The fourth-order valence-corrected chi connectivity index (χ4v) is 6.40. The SMILES string of the molecule is COc1ccc(C2SC(=Nc3ccccc3C)Oc3c2sc(=S)n3-c2ccccc2C)cc1. The maximum Gasteiger partial charge on any atom is 0.258 e. The number of aromatic nitrogens is 1. The zero-order chi connectivity index (χ0) is 22.9. The Morgan fingerprint density at radius 1 is 0.939 bits per heavy atom. The van der Waals surface area contributed by atoms with Crippen LogP contribution in [0.1, 0.15) is 26.8 Å². The van der Waals surface area contributed by atoms with Crippen LogP contribution in [0.25, 0.3) is 5.69 Å². The molecule has 0 bridgehead atoms. The molecule has 4 aromatic rings. The van der Waals surface area contributed by atoms with Crippen molar-refractivity contribution in [2.45, 2.75) is 19.1 Å². The Balaban J connectivity index is 1.68. The van der Waals surface area contributed by atoms with Crippen molar-refractivity contribution < 1.29 is 9.47 Å². The summed E-state index contributed by atoms with van der Waals surface area (Å²) in [5.74, 6) is 1.57. The van der Waals surface area contributed by atoms with Gasteiger partial charge in [0.15, 0.2) is 3.95 Å². The van der Waals surface area contributed by atoms with Gasteiger partial charge in [-0.2, -0.15) is 0 Å². The Bertz CT molecular complexity index is 1400. The number of ether oxygens (including phenoxy) is 2. The lowest BCUT2D eigenvalue weighted by Crippen LogP contribution is -2.17. The molecule has 3 aromatic carbocycles. The largest absolute Gasteiger partial charge is 0.497 e. The highest BCUT2D eigenvalue weighted by Gasteiger charge is 2.33. The molecule has 0 spiro atoms. The molecule has 1 aliphatic heterocycles. The number of thioether (sulfide) groups is 1. The number of aryl methyl sites for hydroxylation is 2. The summed E-state index contributed by atoms with van der Waals surface area (Å²) in [5, 5.41) is 0.618. The van der Waals surface area contributed by atoms with E-state index in [4.69, 9.17) is 26.7 Å². The standard InChI is InChI=1S/C26H22N2O2S3/c1-16-8-4-6-10-20(16)27-25-30-24-23(22(32-25)18-12-14-19(29-3)15-13-18)33-26(31)28(24)21-11-7-5-9-17(21)2/h4-15,22H,1-3H3. The van der Waals surface area contributed by atoms with Crippen LogP contribution in [0.4, 0.5) is 5.69 Å². The summed E-state index contributed by atoms with van der Waals surface area (Å²) in [6, 6.07) is 24.4. The second-order valence-electron chi connectivity index (χ2n) is 7.70. The van der Waals surface area contributed by atoms with E-state index in [1.807, 2.05) is 47.0 Å². The molecule has 2 heterocycles. The highest BCUT2D eigenvalue weighted by atomic mass is 32.2. The van der Waals surface area contributed by atoms with Gasteiger partial charge in [-0.25, -0.2) is 4.99 Å². The van der Waals surface area contributed by atoms with Crippen LogP contribution in [-0.4, -0.2) is 16.9 Å². The fourth-order valence-electron chi connectivity index (χ4n) is 3.76. The molecule has 7 heteroatoms. The molecule has 0 aliphatic carbocycles. The van der Waals surface area contributed by atoms with Gasteiger partial charge in [0.1, 0.15) is 5.75 Å². The first-order chi connectivity index (χ1) is 16.0. The molecule has 0 fully saturated rings. The number of fused-ring (bicyclic) bond motifs is 1. The summed E-state index contributed by atoms with van der Waals surface area (Å²) >= 11 is 9.02. The quantitative estimate of drug-likeness (QED) is 0.273. The first-order valence-electron chi connectivity index (χ1n) is 10.5. The number of para-hydroxylation sites is 2. The first-order valence-corrected chi connectivity index (χ1v) is 12.6. The number of benzene rings is 3. The Hall–Kier alpha value is -2.87. The van der Waals surface area contributed by atoms with Crippen LogP contribution in [0.5, 0.6) is 11.6 Å². The van der Waals surface area contributed by atoms with E-state index in [2.05, 4.69) is 44.2 Å². The lowest BCUT2D eigenvalue weighted by Gasteiger charge is -2.25. The van der Waals surface area contributed by atoms with Crippen molar-refractivity contribution in [2.75, 3.05) is 7.11 Å². The van der Waals surface area contributed by atoms with Crippen molar-refractivity contribution in [3.05, 3.63) is 98.3 Å². The van der Waals surface area contributed by atoms with Crippen LogP contribution in [0.3, 0.4) is 0 Å². The summed E-state index contributed by atoms with van der Waals surface area (Å²) in [6.07, 6.45) is 0. The molecule has 0 amide bonds. The summed E-state index contributed by atoms with van der Waals surface area (Å²) in [7, 11) is 1.68. The normalized spacial score (nSPS) is 16.3. The van der Waals surface area contributed by atoms with Crippen molar-refractivity contribution in [1.29, 1.82) is 0 Å². The summed E-state index contributed by atoms with van der Waals surface area (Å²) in [5.41, 5.74) is 5.30. The molecule has 33 heavy (non-hydrogen) atoms. The van der Waals surface area contributed by atoms with Gasteiger partial charge in [0.25, 0.3) is 5.23 Å². The summed E-state index contributed by atoms with van der Waals surface area (Å²) < 4.78 is 14.6. The lowest BCUT2D eigenvalue weighted by molar-refractivity contribution is 0.414. The summed E-state index contributed by atoms with van der Waals surface area (Å²) in [6.45, 7) is 4.14. The number of aliphatic imine (C=N–C) groups is 1. The van der Waals surface area contributed by atoms with E-state index in [9.17, 15) is 0 Å². The average molecular weight is 491 g/mol. The van der Waals surface area contributed by atoms with Crippen LogP contribution in [0, 0.1) is 17.8 Å². The van der Waals surface area contributed by atoms with Gasteiger partial charge in [-0.3, -0.25) is 4.57 Å². The molecule has 0 N–H and O–H groups in total. The molecule has 5 rings (SSSR count).